The normalized spacial score (nSPS) is 11.3. The Bertz CT molecular complexity index is 1230. The average molecular weight is 420 g/mol. The molecule has 0 unspecified atom stereocenters. The summed E-state index contributed by atoms with van der Waals surface area (Å²) in [5.41, 5.74) is 7.13. The first kappa shape index (κ1) is 19.8. The van der Waals surface area contributed by atoms with Crippen LogP contribution in [0.3, 0.4) is 0 Å². The van der Waals surface area contributed by atoms with Crippen molar-refractivity contribution in [1.29, 1.82) is 0 Å². The van der Waals surface area contributed by atoms with Gasteiger partial charge in [-0.2, -0.15) is 5.10 Å². The van der Waals surface area contributed by atoms with E-state index in [4.69, 9.17) is 4.52 Å². The highest BCUT2D eigenvalue weighted by molar-refractivity contribution is 7.17. The number of hydrogen-bond donors (Lipinski definition) is 1. The molecule has 1 amide bonds. The maximum Gasteiger partial charge on any atom is 0.283 e. The van der Waals surface area contributed by atoms with E-state index < -0.39 is 0 Å². The number of carbonyl (C=O) groups is 1. The molecule has 0 spiro atoms. The zero-order valence-corrected chi connectivity index (χ0v) is 17.9. The summed E-state index contributed by atoms with van der Waals surface area (Å²) in [6.07, 6.45) is 1.64. The summed E-state index contributed by atoms with van der Waals surface area (Å²) in [5, 5.41) is 9.04. The van der Waals surface area contributed by atoms with Gasteiger partial charge in [-0.3, -0.25) is 9.36 Å². The number of rotatable bonds is 5. The second-order valence-corrected chi connectivity index (χ2v) is 7.96. The fourth-order valence-electron chi connectivity index (χ4n) is 3.25. The molecule has 0 aliphatic rings. The molecule has 0 aliphatic carbocycles. The van der Waals surface area contributed by atoms with E-state index in [1.54, 1.807) is 6.21 Å². The Morgan fingerprint density at radius 2 is 1.93 bits per heavy atom. The van der Waals surface area contributed by atoms with Crippen LogP contribution in [0.5, 0.6) is 0 Å². The molecule has 0 radical (unpaired) electrons. The van der Waals surface area contributed by atoms with Crippen LogP contribution in [-0.4, -0.2) is 26.8 Å². The van der Waals surface area contributed by atoms with E-state index in [1.165, 1.54) is 11.3 Å². The first-order valence-corrected chi connectivity index (χ1v) is 10.2. The molecule has 4 aromatic rings. The number of thiazole rings is 1. The van der Waals surface area contributed by atoms with Gasteiger partial charge in [-0.25, -0.2) is 10.4 Å². The van der Waals surface area contributed by atoms with E-state index in [9.17, 15) is 4.79 Å². The summed E-state index contributed by atoms with van der Waals surface area (Å²) >= 11 is 1.36. The van der Waals surface area contributed by atoms with Crippen LogP contribution in [0.4, 0.5) is 0 Å². The lowest BCUT2D eigenvalue weighted by Gasteiger charge is -2.03. The van der Waals surface area contributed by atoms with Crippen molar-refractivity contribution in [1.82, 2.24) is 20.1 Å². The van der Waals surface area contributed by atoms with Crippen molar-refractivity contribution in [2.45, 2.75) is 27.7 Å². The first-order chi connectivity index (χ1) is 14.4. The van der Waals surface area contributed by atoms with Crippen LogP contribution in [0.1, 0.15) is 38.1 Å². The Morgan fingerprint density at radius 1 is 1.17 bits per heavy atom. The molecule has 0 aliphatic heterocycles. The van der Waals surface area contributed by atoms with Gasteiger partial charge >= 0.3 is 0 Å². The smallest absolute Gasteiger partial charge is 0.283 e. The molecule has 0 atom stereocenters. The molecule has 152 valence electrons. The SMILES string of the molecule is Cc1cc(-n2c(C)cc(/C=N\NC(=O)c3sc(-c4ccccc4)nc3C)c2C)no1. The third kappa shape index (κ3) is 3.81. The minimum atomic E-state index is -0.274. The van der Waals surface area contributed by atoms with Gasteiger partial charge in [0, 0.05) is 28.6 Å². The summed E-state index contributed by atoms with van der Waals surface area (Å²) in [6, 6.07) is 13.7. The summed E-state index contributed by atoms with van der Waals surface area (Å²) in [5.74, 6) is 1.19. The number of aryl methyl sites for hydroxylation is 3. The maximum absolute atomic E-state index is 12.6. The minimum Gasteiger partial charge on any atom is -0.360 e. The Balaban J connectivity index is 1.50. The largest absolute Gasteiger partial charge is 0.360 e. The van der Waals surface area contributed by atoms with E-state index in [2.05, 4.69) is 20.7 Å². The molecule has 3 heterocycles. The van der Waals surface area contributed by atoms with Gasteiger partial charge in [0.15, 0.2) is 5.82 Å². The molecule has 0 saturated heterocycles. The van der Waals surface area contributed by atoms with Crippen molar-refractivity contribution >= 4 is 23.5 Å². The van der Waals surface area contributed by atoms with Gasteiger partial charge in [-0.05, 0) is 33.8 Å². The van der Waals surface area contributed by atoms with E-state index in [1.807, 2.05) is 74.7 Å². The van der Waals surface area contributed by atoms with Crippen LogP contribution in [0.15, 0.2) is 52.1 Å². The van der Waals surface area contributed by atoms with Crippen LogP contribution in [0.25, 0.3) is 16.4 Å². The van der Waals surface area contributed by atoms with Crippen molar-refractivity contribution in [2.75, 3.05) is 0 Å². The molecule has 0 bridgehead atoms. The second kappa shape index (κ2) is 8.08. The van der Waals surface area contributed by atoms with Crippen molar-refractivity contribution in [2.24, 2.45) is 5.10 Å². The number of benzene rings is 1. The Hall–Kier alpha value is -3.52. The molecule has 0 saturated carbocycles. The molecular weight excluding hydrogens is 398 g/mol. The topological polar surface area (TPSA) is 85.3 Å². The van der Waals surface area contributed by atoms with E-state index in [0.29, 0.717) is 10.6 Å². The molecule has 8 heteroatoms. The monoisotopic (exact) mass is 419 g/mol. The van der Waals surface area contributed by atoms with Gasteiger partial charge in [0.2, 0.25) is 0 Å². The van der Waals surface area contributed by atoms with Crippen molar-refractivity contribution < 1.29 is 9.32 Å². The number of nitrogens with zero attached hydrogens (tertiary/aromatic N) is 4. The molecule has 4 rings (SSSR count). The molecule has 3 aromatic heterocycles. The Morgan fingerprint density at radius 3 is 2.63 bits per heavy atom. The lowest BCUT2D eigenvalue weighted by molar-refractivity contribution is 0.0958. The van der Waals surface area contributed by atoms with Crippen LogP contribution >= 0.6 is 11.3 Å². The van der Waals surface area contributed by atoms with Crippen molar-refractivity contribution in [3.63, 3.8) is 0 Å². The van der Waals surface area contributed by atoms with Crippen molar-refractivity contribution in [3.8, 4) is 16.4 Å². The molecular formula is C22H21N5O2S. The zero-order chi connectivity index (χ0) is 21.3. The number of hydrazone groups is 1. The lowest BCUT2D eigenvalue weighted by Crippen LogP contribution is -2.17. The summed E-state index contributed by atoms with van der Waals surface area (Å²) in [4.78, 5) is 17.7. The molecule has 1 N–H and O–H groups in total. The quantitative estimate of drug-likeness (QED) is 0.379. The molecule has 30 heavy (non-hydrogen) atoms. The predicted octanol–water partition coefficient (Wildman–Crippen LogP) is 4.59. The van der Waals surface area contributed by atoms with Crippen LogP contribution in [0.2, 0.25) is 0 Å². The number of carbonyl (C=O) groups excluding carboxylic acids is 1. The average Bonchev–Trinajstić information content (AvgIpc) is 3.40. The third-order valence-corrected chi connectivity index (χ3v) is 5.91. The molecule has 0 fully saturated rings. The maximum atomic E-state index is 12.6. The number of amides is 1. The van der Waals surface area contributed by atoms with Gasteiger partial charge in [0.25, 0.3) is 5.91 Å². The van der Waals surface area contributed by atoms with E-state index >= 15 is 0 Å². The summed E-state index contributed by atoms with van der Waals surface area (Å²) < 4.78 is 7.16. The van der Waals surface area contributed by atoms with Gasteiger partial charge in [0.05, 0.1) is 11.9 Å². The van der Waals surface area contributed by atoms with Crippen molar-refractivity contribution in [3.05, 3.63) is 75.7 Å². The number of hydrogen-bond acceptors (Lipinski definition) is 6. The van der Waals surface area contributed by atoms with Crippen LogP contribution < -0.4 is 5.43 Å². The summed E-state index contributed by atoms with van der Waals surface area (Å²) in [6.45, 7) is 7.64. The highest BCUT2D eigenvalue weighted by atomic mass is 32.1. The van der Waals surface area contributed by atoms with E-state index in [0.717, 1.165) is 39.1 Å². The van der Waals surface area contributed by atoms with Gasteiger partial charge in [-0.15, -0.1) is 11.3 Å². The van der Waals surface area contributed by atoms with Gasteiger partial charge in [-0.1, -0.05) is 35.5 Å². The second-order valence-electron chi connectivity index (χ2n) is 6.96. The zero-order valence-electron chi connectivity index (χ0n) is 17.1. The predicted molar refractivity (Wildman–Crippen MR) is 117 cm³/mol. The standard InChI is InChI=1S/C22H21N5O2S/c1-13-10-18(16(4)27(13)19-11-14(2)29-26-19)12-23-25-21(28)20-15(3)24-22(30-20)17-8-6-5-7-9-17/h5-12H,1-4H3,(H,25,28)/b23-12-. The number of nitrogens with one attached hydrogen (secondary N) is 1. The number of aromatic nitrogens is 3. The highest BCUT2D eigenvalue weighted by Gasteiger charge is 2.16. The van der Waals surface area contributed by atoms with Crippen LogP contribution in [-0.2, 0) is 0 Å². The van der Waals surface area contributed by atoms with Crippen LogP contribution in [0, 0.1) is 27.7 Å². The Kier molecular flexibility index (Phi) is 5.33. The summed E-state index contributed by atoms with van der Waals surface area (Å²) in [7, 11) is 0. The van der Waals surface area contributed by atoms with Gasteiger partial charge < -0.3 is 4.52 Å². The lowest BCUT2D eigenvalue weighted by atomic mass is 10.2. The molecule has 1 aromatic carbocycles. The highest BCUT2D eigenvalue weighted by Crippen LogP contribution is 2.27. The minimum absolute atomic E-state index is 0.274. The van der Waals surface area contributed by atoms with Gasteiger partial charge in [0.1, 0.15) is 15.6 Å². The van der Waals surface area contributed by atoms with E-state index in [-0.39, 0.29) is 5.91 Å². The third-order valence-electron chi connectivity index (χ3n) is 4.71. The first-order valence-electron chi connectivity index (χ1n) is 9.43. The fraction of sp³-hybridized carbons (Fsp3) is 0.182. The molecule has 7 nitrogen and oxygen atoms in total. The Labute approximate surface area is 178 Å². The fourth-order valence-corrected chi connectivity index (χ4v) is 4.21.